The highest BCUT2D eigenvalue weighted by atomic mass is 35.5. The SMILES string of the molecule is O=C1[C@@H]2[C@@H](C(=O)N1c1ccccc1Cl)[C@H]1C=C[C@@H]2C1. The van der Waals surface area contributed by atoms with Gasteiger partial charge in [0.25, 0.3) is 0 Å². The Morgan fingerprint density at radius 3 is 2.16 bits per heavy atom. The number of hydrogen-bond donors (Lipinski definition) is 0. The highest BCUT2D eigenvalue weighted by Gasteiger charge is 2.59. The lowest BCUT2D eigenvalue weighted by atomic mass is 9.85. The summed E-state index contributed by atoms with van der Waals surface area (Å²) in [7, 11) is 0. The highest BCUT2D eigenvalue weighted by Crippen LogP contribution is 2.53. The number of amides is 2. The van der Waals surface area contributed by atoms with Gasteiger partial charge in [-0.1, -0.05) is 35.9 Å². The van der Waals surface area contributed by atoms with E-state index in [-0.39, 0.29) is 35.5 Å². The maximum absolute atomic E-state index is 12.6. The Hall–Kier alpha value is -1.61. The second kappa shape index (κ2) is 3.70. The topological polar surface area (TPSA) is 37.4 Å². The van der Waals surface area contributed by atoms with Crippen LogP contribution in [0.4, 0.5) is 5.69 Å². The molecular weight excluding hydrogens is 262 g/mol. The molecule has 2 fully saturated rings. The van der Waals surface area contributed by atoms with E-state index in [1.807, 2.05) is 0 Å². The van der Waals surface area contributed by atoms with Crippen molar-refractivity contribution in [1.29, 1.82) is 0 Å². The standard InChI is InChI=1S/C15H12ClNO2/c16-10-3-1-2-4-11(10)17-14(18)12-8-5-6-9(7-8)13(12)15(17)19/h1-6,8-9,12-13H,7H2/t8-,9+,12-,13-/m0/s1. The minimum Gasteiger partial charge on any atom is -0.274 e. The third-order valence-corrected chi connectivity index (χ3v) is 4.88. The van der Waals surface area contributed by atoms with Gasteiger partial charge in [0.15, 0.2) is 0 Å². The van der Waals surface area contributed by atoms with Crippen molar-refractivity contribution in [3.8, 4) is 0 Å². The van der Waals surface area contributed by atoms with Crippen LogP contribution in [0.25, 0.3) is 0 Å². The van der Waals surface area contributed by atoms with Gasteiger partial charge in [-0.2, -0.15) is 0 Å². The molecule has 2 bridgehead atoms. The van der Waals surface area contributed by atoms with E-state index in [1.165, 1.54) is 4.90 Å². The highest BCUT2D eigenvalue weighted by molar-refractivity contribution is 6.36. The fourth-order valence-electron chi connectivity index (χ4n) is 3.77. The number of anilines is 1. The number of fused-ring (bicyclic) bond motifs is 5. The predicted molar refractivity (Wildman–Crippen MR) is 71.7 cm³/mol. The number of halogens is 1. The fourth-order valence-corrected chi connectivity index (χ4v) is 3.99. The van der Waals surface area contributed by atoms with Crippen molar-refractivity contribution >= 4 is 29.1 Å². The lowest BCUT2D eigenvalue weighted by molar-refractivity contribution is -0.123. The van der Waals surface area contributed by atoms with Gasteiger partial charge in [0.05, 0.1) is 22.5 Å². The van der Waals surface area contributed by atoms with Gasteiger partial charge in [-0.3, -0.25) is 9.59 Å². The number of benzene rings is 1. The molecule has 0 N–H and O–H groups in total. The number of imide groups is 1. The van der Waals surface area contributed by atoms with Crippen molar-refractivity contribution in [3.05, 3.63) is 41.4 Å². The van der Waals surface area contributed by atoms with E-state index in [0.29, 0.717) is 10.7 Å². The minimum absolute atomic E-state index is 0.0834. The van der Waals surface area contributed by atoms with Gasteiger partial charge in [-0.05, 0) is 30.4 Å². The summed E-state index contributed by atoms with van der Waals surface area (Å²) < 4.78 is 0. The van der Waals surface area contributed by atoms with Crippen LogP contribution in [0.3, 0.4) is 0 Å². The summed E-state index contributed by atoms with van der Waals surface area (Å²) in [6.45, 7) is 0. The molecule has 1 aromatic carbocycles. The van der Waals surface area contributed by atoms with E-state index < -0.39 is 0 Å². The van der Waals surface area contributed by atoms with Crippen LogP contribution in [0.2, 0.25) is 5.02 Å². The quantitative estimate of drug-likeness (QED) is 0.583. The average Bonchev–Trinajstić information content (AvgIpc) is 3.06. The van der Waals surface area contributed by atoms with Gasteiger partial charge in [0.2, 0.25) is 11.8 Å². The van der Waals surface area contributed by atoms with Gasteiger partial charge >= 0.3 is 0 Å². The van der Waals surface area contributed by atoms with E-state index in [4.69, 9.17) is 11.6 Å². The number of carbonyl (C=O) groups is 2. The summed E-state index contributed by atoms with van der Waals surface area (Å²) in [4.78, 5) is 26.4. The molecule has 0 aromatic heterocycles. The molecule has 2 aliphatic carbocycles. The Balaban J connectivity index is 1.79. The molecule has 1 saturated carbocycles. The molecule has 1 heterocycles. The first-order valence-electron chi connectivity index (χ1n) is 6.49. The number of rotatable bonds is 1. The Kier molecular flexibility index (Phi) is 2.19. The van der Waals surface area contributed by atoms with E-state index in [1.54, 1.807) is 24.3 Å². The normalized spacial score (nSPS) is 35.3. The lowest BCUT2D eigenvalue weighted by Crippen LogP contribution is -2.33. The number of para-hydroxylation sites is 1. The molecule has 3 nitrogen and oxygen atoms in total. The molecule has 96 valence electrons. The number of hydrogen-bond acceptors (Lipinski definition) is 2. The fraction of sp³-hybridized carbons (Fsp3) is 0.333. The maximum atomic E-state index is 12.6. The van der Waals surface area contributed by atoms with Crippen LogP contribution in [0.15, 0.2) is 36.4 Å². The van der Waals surface area contributed by atoms with Crippen molar-refractivity contribution in [1.82, 2.24) is 0 Å². The summed E-state index contributed by atoms with van der Waals surface area (Å²) in [5.74, 6) is -0.0321. The molecule has 4 heteroatoms. The monoisotopic (exact) mass is 273 g/mol. The molecule has 2 amide bonds. The molecule has 0 radical (unpaired) electrons. The van der Waals surface area contributed by atoms with Crippen molar-refractivity contribution < 1.29 is 9.59 Å². The summed E-state index contributed by atoms with van der Waals surface area (Å²) in [5.41, 5.74) is 0.521. The third kappa shape index (κ3) is 1.34. The maximum Gasteiger partial charge on any atom is 0.238 e. The predicted octanol–water partition coefficient (Wildman–Crippen LogP) is 2.65. The van der Waals surface area contributed by atoms with Crippen LogP contribution in [0.5, 0.6) is 0 Å². The third-order valence-electron chi connectivity index (χ3n) is 4.56. The zero-order chi connectivity index (χ0) is 13.1. The van der Waals surface area contributed by atoms with Crippen molar-refractivity contribution in [3.63, 3.8) is 0 Å². The van der Waals surface area contributed by atoms with Gasteiger partial charge in [-0.25, -0.2) is 4.90 Å². The van der Waals surface area contributed by atoms with Gasteiger partial charge in [0.1, 0.15) is 0 Å². The average molecular weight is 274 g/mol. The van der Waals surface area contributed by atoms with Crippen LogP contribution >= 0.6 is 11.6 Å². The molecule has 1 aliphatic heterocycles. The van der Waals surface area contributed by atoms with Crippen molar-refractivity contribution in [2.75, 3.05) is 4.90 Å². The largest absolute Gasteiger partial charge is 0.274 e. The van der Waals surface area contributed by atoms with Gasteiger partial charge < -0.3 is 0 Å². The Morgan fingerprint density at radius 1 is 1.00 bits per heavy atom. The first kappa shape index (κ1) is 11.2. The van der Waals surface area contributed by atoms with E-state index in [2.05, 4.69) is 12.2 Å². The second-order valence-electron chi connectivity index (χ2n) is 5.46. The Labute approximate surface area is 115 Å². The molecular formula is C15H12ClNO2. The van der Waals surface area contributed by atoms with Crippen LogP contribution in [-0.4, -0.2) is 11.8 Å². The lowest BCUT2D eigenvalue weighted by Gasteiger charge is -2.18. The number of carbonyl (C=O) groups excluding carboxylic acids is 2. The molecule has 3 aliphatic rings. The summed E-state index contributed by atoms with van der Waals surface area (Å²) in [6, 6.07) is 7.03. The van der Waals surface area contributed by atoms with E-state index in [0.717, 1.165) is 6.42 Å². The first-order chi connectivity index (χ1) is 9.18. The number of allylic oxidation sites excluding steroid dienone is 2. The smallest absolute Gasteiger partial charge is 0.238 e. The zero-order valence-electron chi connectivity index (χ0n) is 10.1. The Bertz CT molecular complexity index is 594. The summed E-state index contributed by atoms with van der Waals surface area (Å²) >= 11 is 6.12. The molecule has 1 aromatic rings. The van der Waals surface area contributed by atoms with Crippen molar-refractivity contribution in [2.24, 2.45) is 23.7 Å². The van der Waals surface area contributed by atoms with E-state index >= 15 is 0 Å². The Morgan fingerprint density at radius 2 is 1.58 bits per heavy atom. The van der Waals surface area contributed by atoms with Crippen LogP contribution in [0.1, 0.15) is 6.42 Å². The molecule has 19 heavy (non-hydrogen) atoms. The van der Waals surface area contributed by atoms with Gasteiger partial charge in [0, 0.05) is 0 Å². The van der Waals surface area contributed by atoms with Crippen molar-refractivity contribution in [2.45, 2.75) is 6.42 Å². The first-order valence-corrected chi connectivity index (χ1v) is 6.87. The van der Waals surface area contributed by atoms with Gasteiger partial charge in [-0.15, -0.1) is 0 Å². The van der Waals surface area contributed by atoms with Crippen LogP contribution in [-0.2, 0) is 9.59 Å². The molecule has 4 rings (SSSR count). The summed E-state index contributed by atoms with van der Waals surface area (Å²) in [6.07, 6.45) is 5.13. The molecule has 0 spiro atoms. The van der Waals surface area contributed by atoms with E-state index in [9.17, 15) is 9.59 Å². The second-order valence-corrected chi connectivity index (χ2v) is 5.87. The summed E-state index contributed by atoms with van der Waals surface area (Å²) in [5, 5.41) is 0.449. The van der Waals surface area contributed by atoms with Crippen LogP contribution < -0.4 is 4.90 Å². The molecule has 0 unspecified atom stereocenters. The number of nitrogens with zero attached hydrogens (tertiary/aromatic N) is 1. The molecule has 4 atom stereocenters. The zero-order valence-corrected chi connectivity index (χ0v) is 10.9. The van der Waals surface area contributed by atoms with Crippen LogP contribution in [0, 0.1) is 23.7 Å². The molecule has 1 saturated heterocycles. The minimum atomic E-state index is -0.168.